The van der Waals surface area contributed by atoms with Gasteiger partial charge < -0.3 is 20.6 Å². The number of nitrogens with zero attached hydrogens (tertiary/aromatic N) is 2. The summed E-state index contributed by atoms with van der Waals surface area (Å²) in [6.07, 6.45) is 5.03. The monoisotopic (exact) mass is 452 g/mol. The molecule has 3 N–H and O–H groups in total. The highest BCUT2D eigenvalue weighted by Crippen LogP contribution is 2.25. The van der Waals surface area contributed by atoms with E-state index in [9.17, 15) is 14.7 Å². The van der Waals surface area contributed by atoms with Crippen LogP contribution in [0.5, 0.6) is 5.75 Å². The summed E-state index contributed by atoms with van der Waals surface area (Å²) in [5.74, 6) is -0.473. The molecule has 1 aliphatic heterocycles. The van der Waals surface area contributed by atoms with Gasteiger partial charge in [-0.25, -0.2) is 0 Å². The maximum atomic E-state index is 12.9. The molecule has 0 aliphatic carbocycles. The molecule has 2 heterocycles. The van der Waals surface area contributed by atoms with Gasteiger partial charge >= 0.3 is 0 Å². The topological polar surface area (TPSA) is 94.6 Å². The molecule has 8 heteroatoms. The summed E-state index contributed by atoms with van der Waals surface area (Å²) in [6, 6.07) is 17.2. The van der Waals surface area contributed by atoms with Crippen molar-refractivity contribution in [1.82, 2.24) is 4.98 Å². The number of anilines is 3. The maximum Gasteiger partial charge on any atom is 0.257 e. The van der Waals surface area contributed by atoms with Crippen LogP contribution in [0.2, 0.25) is 0 Å². The Bertz CT molecular complexity index is 1070. The largest absolute Gasteiger partial charge is 0.508 e. The fourth-order valence-electron chi connectivity index (χ4n) is 3.76. The van der Waals surface area contributed by atoms with Gasteiger partial charge in [0, 0.05) is 48.8 Å². The minimum atomic E-state index is -0.353. The van der Waals surface area contributed by atoms with Crippen LogP contribution in [0, 0.1) is 5.92 Å². The van der Waals surface area contributed by atoms with Crippen molar-refractivity contribution in [3.63, 3.8) is 0 Å². The van der Waals surface area contributed by atoms with Crippen molar-refractivity contribution in [2.24, 2.45) is 5.92 Å². The predicted octanol–water partition coefficient (Wildman–Crippen LogP) is 4.32. The van der Waals surface area contributed by atoms with Crippen LogP contribution in [0.25, 0.3) is 0 Å². The fourth-order valence-corrected chi connectivity index (χ4v) is 3.76. The average molecular weight is 453 g/mol. The van der Waals surface area contributed by atoms with E-state index in [0.717, 1.165) is 31.6 Å². The third kappa shape index (κ3) is 5.56. The van der Waals surface area contributed by atoms with Crippen LogP contribution < -0.4 is 15.5 Å². The second-order valence-corrected chi connectivity index (χ2v) is 7.51. The Morgan fingerprint density at radius 2 is 1.66 bits per heavy atom. The summed E-state index contributed by atoms with van der Waals surface area (Å²) in [5.41, 5.74) is 2.44. The van der Waals surface area contributed by atoms with Gasteiger partial charge in [-0.3, -0.25) is 14.6 Å². The van der Waals surface area contributed by atoms with Gasteiger partial charge in [0.25, 0.3) is 5.91 Å². The molecule has 2 aromatic carbocycles. The van der Waals surface area contributed by atoms with Crippen molar-refractivity contribution in [1.29, 1.82) is 0 Å². The van der Waals surface area contributed by atoms with E-state index in [1.54, 1.807) is 48.8 Å². The van der Waals surface area contributed by atoms with E-state index in [1.807, 2.05) is 12.1 Å². The number of benzene rings is 2. The number of phenolic OH excluding ortho intramolecular Hbond substituents is 1. The van der Waals surface area contributed by atoms with Crippen LogP contribution in [0.4, 0.5) is 17.1 Å². The summed E-state index contributed by atoms with van der Waals surface area (Å²) < 4.78 is 0. The summed E-state index contributed by atoms with van der Waals surface area (Å²) in [4.78, 5) is 31.9. The molecule has 0 atom stereocenters. The number of piperidine rings is 1. The number of phenols is 1. The normalized spacial score (nSPS) is 13.7. The highest BCUT2D eigenvalue weighted by Gasteiger charge is 2.26. The fraction of sp³-hybridized carbons (Fsp3) is 0.208. The minimum absolute atomic E-state index is 0. The molecule has 166 valence electrons. The van der Waals surface area contributed by atoms with E-state index >= 15 is 0 Å². The minimum Gasteiger partial charge on any atom is -0.508 e. The number of nitrogens with one attached hydrogen (secondary N) is 2. The summed E-state index contributed by atoms with van der Waals surface area (Å²) >= 11 is 0. The van der Waals surface area contributed by atoms with Gasteiger partial charge in [0.1, 0.15) is 5.75 Å². The van der Waals surface area contributed by atoms with Crippen molar-refractivity contribution >= 4 is 41.3 Å². The van der Waals surface area contributed by atoms with Crippen LogP contribution in [-0.4, -0.2) is 35.0 Å². The molecule has 1 aromatic heterocycles. The van der Waals surface area contributed by atoms with Gasteiger partial charge in [-0.15, -0.1) is 12.4 Å². The SMILES string of the molecule is Cl.O=C(Nc1cccc(O)c1)c1ccccc1NC(=O)C1CCN(c2ccncc2)CC1. The van der Waals surface area contributed by atoms with Gasteiger partial charge in [-0.05, 0) is 49.2 Å². The maximum absolute atomic E-state index is 12.9. The van der Waals surface area contributed by atoms with Gasteiger partial charge in [-0.2, -0.15) is 0 Å². The zero-order chi connectivity index (χ0) is 21.6. The zero-order valence-electron chi connectivity index (χ0n) is 17.4. The van der Waals surface area contributed by atoms with Gasteiger partial charge in [-0.1, -0.05) is 18.2 Å². The Morgan fingerprint density at radius 1 is 0.938 bits per heavy atom. The highest BCUT2D eigenvalue weighted by molar-refractivity contribution is 6.10. The molecular weight excluding hydrogens is 428 g/mol. The van der Waals surface area contributed by atoms with E-state index in [0.29, 0.717) is 16.9 Å². The lowest BCUT2D eigenvalue weighted by Crippen LogP contribution is -2.38. The quantitative estimate of drug-likeness (QED) is 0.536. The van der Waals surface area contributed by atoms with E-state index in [1.165, 1.54) is 12.1 Å². The van der Waals surface area contributed by atoms with Gasteiger partial charge in [0.2, 0.25) is 5.91 Å². The highest BCUT2D eigenvalue weighted by atomic mass is 35.5. The average Bonchev–Trinajstić information content (AvgIpc) is 2.80. The van der Waals surface area contributed by atoms with Crippen LogP contribution in [0.3, 0.4) is 0 Å². The molecule has 0 spiro atoms. The lowest BCUT2D eigenvalue weighted by molar-refractivity contribution is -0.120. The van der Waals surface area contributed by atoms with Crippen molar-refractivity contribution in [3.05, 3.63) is 78.6 Å². The molecule has 4 rings (SSSR count). The third-order valence-electron chi connectivity index (χ3n) is 5.43. The number of para-hydroxylation sites is 1. The van der Waals surface area contributed by atoms with Crippen molar-refractivity contribution in [3.8, 4) is 5.75 Å². The molecule has 2 amide bonds. The Labute approximate surface area is 192 Å². The smallest absolute Gasteiger partial charge is 0.257 e. The Hall–Kier alpha value is -3.58. The molecule has 1 aliphatic rings. The summed E-state index contributed by atoms with van der Waals surface area (Å²) in [6.45, 7) is 1.59. The number of hydrogen-bond donors (Lipinski definition) is 3. The van der Waals surface area contributed by atoms with Gasteiger partial charge in [0.05, 0.1) is 11.3 Å². The lowest BCUT2D eigenvalue weighted by Gasteiger charge is -2.33. The number of halogens is 1. The molecule has 32 heavy (non-hydrogen) atoms. The molecule has 0 radical (unpaired) electrons. The molecular formula is C24H25ClN4O3. The number of carbonyl (C=O) groups excluding carboxylic acids is 2. The molecule has 0 bridgehead atoms. The number of carbonyl (C=O) groups is 2. The van der Waals surface area contributed by atoms with E-state index in [2.05, 4.69) is 20.5 Å². The van der Waals surface area contributed by atoms with Crippen LogP contribution in [0.1, 0.15) is 23.2 Å². The van der Waals surface area contributed by atoms with Crippen molar-refractivity contribution in [2.75, 3.05) is 28.6 Å². The van der Waals surface area contributed by atoms with Crippen LogP contribution >= 0.6 is 12.4 Å². The summed E-state index contributed by atoms with van der Waals surface area (Å²) in [7, 11) is 0. The molecule has 7 nitrogen and oxygen atoms in total. The lowest BCUT2D eigenvalue weighted by atomic mass is 9.95. The number of aromatic hydroxyl groups is 1. The standard InChI is InChI=1S/C24H24N4O3.ClH/c29-20-5-3-4-18(16-20)26-24(31)21-6-1-2-7-22(21)27-23(30)17-10-14-28(15-11-17)19-8-12-25-13-9-19;/h1-9,12-13,16-17,29H,10-11,14-15H2,(H,26,31)(H,27,30);1H. The first-order valence-corrected chi connectivity index (χ1v) is 10.3. The molecule has 0 unspecified atom stereocenters. The number of rotatable bonds is 5. The Balaban J connectivity index is 0.00000289. The molecule has 0 saturated carbocycles. The van der Waals surface area contributed by atoms with Crippen LogP contribution in [-0.2, 0) is 4.79 Å². The zero-order valence-corrected chi connectivity index (χ0v) is 18.2. The van der Waals surface area contributed by atoms with Crippen LogP contribution in [0.15, 0.2) is 73.1 Å². The first kappa shape index (κ1) is 23.1. The second kappa shape index (κ2) is 10.6. The van der Waals surface area contributed by atoms with E-state index in [4.69, 9.17) is 0 Å². The van der Waals surface area contributed by atoms with Crippen molar-refractivity contribution in [2.45, 2.75) is 12.8 Å². The molecule has 1 saturated heterocycles. The number of hydrogen-bond acceptors (Lipinski definition) is 5. The third-order valence-corrected chi connectivity index (χ3v) is 5.43. The molecule has 1 fully saturated rings. The first-order chi connectivity index (χ1) is 15.1. The Kier molecular flexibility index (Phi) is 7.68. The van der Waals surface area contributed by atoms with E-state index < -0.39 is 0 Å². The second-order valence-electron chi connectivity index (χ2n) is 7.51. The molecule has 3 aromatic rings. The van der Waals surface area contributed by atoms with Gasteiger partial charge in [0.15, 0.2) is 0 Å². The number of amides is 2. The van der Waals surface area contributed by atoms with E-state index in [-0.39, 0.29) is 35.9 Å². The summed E-state index contributed by atoms with van der Waals surface area (Å²) in [5, 5.41) is 15.3. The predicted molar refractivity (Wildman–Crippen MR) is 128 cm³/mol. The van der Waals surface area contributed by atoms with Crippen molar-refractivity contribution < 1.29 is 14.7 Å². The number of pyridine rings is 1. The number of aromatic nitrogens is 1. The Morgan fingerprint density at radius 3 is 2.38 bits per heavy atom. The first-order valence-electron chi connectivity index (χ1n) is 10.3.